The van der Waals surface area contributed by atoms with Gasteiger partial charge in [0.25, 0.3) is 0 Å². The molecule has 0 aromatic heterocycles. The lowest BCUT2D eigenvalue weighted by molar-refractivity contribution is -0.891. The van der Waals surface area contributed by atoms with E-state index in [2.05, 4.69) is 0 Å². The normalized spacial score (nSPS) is 26.9. The van der Waals surface area contributed by atoms with Gasteiger partial charge < -0.3 is 36.0 Å². The summed E-state index contributed by atoms with van der Waals surface area (Å²) in [4.78, 5) is 24.8. The maximum Gasteiger partial charge on any atom is 0.361 e. The smallest absolute Gasteiger partial charge is 0.361 e. The molecule has 0 amide bonds. The van der Waals surface area contributed by atoms with E-state index in [1.165, 1.54) is 7.11 Å². The number of aliphatic hydroxyl groups is 1. The molecule has 28 heavy (non-hydrogen) atoms. The second-order valence-electron chi connectivity index (χ2n) is 8.19. The molecule has 1 heterocycles. The van der Waals surface area contributed by atoms with E-state index >= 15 is 0 Å². The molecule has 6 nitrogen and oxygen atoms in total. The summed E-state index contributed by atoms with van der Waals surface area (Å²) in [7, 11) is 3.34. The zero-order valence-electron chi connectivity index (χ0n) is 16.6. The predicted molar refractivity (Wildman–Crippen MR) is 99.6 cm³/mol. The second-order valence-corrected chi connectivity index (χ2v) is 8.19. The van der Waals surface area contributed by atoms with Crippen molar-refractivity contribution < 1.29 is 45.6 Å². The van der Waals surface area contributed by atoms with Crippen molar-refractivity contribution in [2.24, 2.45) is 5.92 Å². The number of likely N-dealkylation sites (N-methyl/N-ethyl adjacent to an activating group) is 1. The minimum absolute atomic E-state index is 0. The lowest BCUT2D eigenvalue weighted by Gasteiger charge is -2.33. The molecule has 0 bridgehead atoms. The maximum absolute atomic E-state index is 13.1. The van der Waals surface area contributed by atoms with Crippen molar-refractivity contribution in [2.45, 2.75) is 43.8 Å². The van der Waals surface area contributed by atoms with Crippen molar-refractivity contribution in [2.75, 3.05) is 33.8 Å². The molecule has 1 aliphatic heterocycles. The molecule has 1 aromatic rings. The van der Waals surface area contributed by atoms with Gasteiger partial charge in [0.2, 0.25) is 0 Å². The van der Waals surface area contributed by atoms with Gasteiger partial charge in [0.1, 0.15) is 6.54 Å². The number of methoxy groups -OCH3 is 1. The summed E-state index contributed by atoms with van der Waals surface area (Å²) in [5.74, 6) is -0.946. The minimum Gasteiger partial charge on any atom is -1.00 e. The number of carbonyl (C=O) groups excluding carboxylic acids is 2. The Morgan fingerprint density at radius 3 is 2.43 bits per heavy atom. The summed E-state index contributed by atoms with van der Waals surface area (Å²) in [6.45, 7) is 1.55. The Morgan fingerprint density at radius 2 is 1.82 bits per heavy atom. The zero-order chi connectivity index (χ0) is 19.5. The number of carbonyl (C=O) groups is 2. The zero-order valence-corrected chi connectivity index (χ0v) is 18.2. The van der Waals surface area contributed by atoms with Crippen LogP contribution < -0.4 is 17.0 Å². The first-order chi connectivity index (χ1) is 12.9. The highest BCUT2D eigenvalue weighted by Gasteiger charge is 2.49. The Hall–Kier alpha value is -1.44. The second kappa shape index (κ2) is 9.37. The first kappa shape index (κ1) is 22.8. The summed E-state index contributed by atoms with van der Waals surface area (Å²) in [5, 5.41) is 11.5. The van der Waals surface area contributed by atoms with Gasteiger partial charge in [-0.15, -0.1) is 0 Å². The van der Waals surface area contributed by atoms with Crippen LogP contribution in [0.15, 0.2) is 30.3 Å². The van der Waals surface area contributed by atoms with Crippen LogP contribution in [0.4, 0.5) is 0 Å². The molecule has 2 fully saturated rings. The van der Waals surface area contributed by atoms with Crippen LogP contribution >= 0.6 is 0 Å². The van der Waals surface area contributed by atoms with Crippen molar-refractivity contribution >= 4 is 11.9 Å². The summed E-state index contributed by atoms with van der Waals surface area (Å²) >= 11 is 0. The van der Waals surface area contributed by atoms with E-state index in [0.29, 0.717) is 23.0 Å². The molecule has 1 aliphatic carbocycles. The Balaban J connectivity index is 0.00000280. The molecule has 1 saturated heterocycles. The Morgan fingerprint density at radius 1 is 1.18 bits per heavy atom. The van der Waals surface area contributed by atoms with Gasteiger partial charge in [-0.3, -0.25) is 0 Å². The average molecular weight is 456 g/mol. The van der Waals surface area contributed by atoms with Gasteiger partial charge in [0, 0.05) is 12.3 Å². The van der Waals surface area contributed by atoms with Crippen molar-refractivity contribution in [1.82, 2.24) is 0 Å². The topological polar surface area (TPSA) is 72.8 Å². The first-order valence-electron chi connectivity index (χ1n) is 9.77. The van der Waals surface area contributed by atoms with Crippen molar-refractivity contribution in [3.8, 4) is 0 Å². The third-order valence-corrected chi connectivity index (χ3v) is 6.12. The Kier molecular flexibility index (Phi) is 7.65. The van der Waals surface area contributed by atoms with Crippen LogP contribution in [0.5, 0.6) is 0 Å². The largest absolute Gasteiger partial charge is 1.00 e. The van der Waals surface area contributed by atoms with Gasteiger partial charge in [-0.25, -0.2) is 9.59 Å². The number of nitrogens with zero attached hydrogens (tertiary/aromatic N) is 1. The van der Waals surface area contributed by atoms with Gasteiger partial charge in [-0.2, -0.15) is 0 Å². The van der Waals surface area contributed by atoms with Gasteiger partial charge in [-0.1, -0.05) is 43.2 Å². The monoisotopic (exact) mass is 455 g/mol. The van der Waals surface area contributed by atoms with Gasteiger partial charge >= 0.3 is 11.9 Å². The Labute approximate surface area is 177 Å². The molecule has 3 atom stereocenters. The summed E-state index contributed by atoms with van der Waals surface area (Å²) < 4.78 is 11.1. The highest BCUT2D eigenvalue weighted by Crippen LogP contribution is 2.42. The number of halogens is 1. The number of rotatable bonds is 6. The van der Waals surface area contributed by atoms with Crippen LogP contribution in [-0.2, 0) is 24.7 Å². The van der Waals surface area contributed by atoms with Crippen LogP contribution in [0, 0.1) is 5.92 Å². The third kappa shape index (κ3) is 4.75. The number of likely N-dealkylation sites (tertiary alicyclic amines) is 1. The molecule has 3 rings (SSSR count). The standard InChI is InChI=1S/C21H30NO5.BrH/c1-22(15-19(23)26-2)13-12-18(14-22)27-20(24)21(25,17-10-6-7-11-17)16-8-4-3-5-9-16;/h3-5,8-9,17-18,25H,6-7,10-15H2,1-2H3;1H/q+1;/p-1/t18-,21+,22?;/m1./s1. The molecule has 0 radical (unpaired) electrons. The van der Waals surface area contributed by atoms with E-state index in [-0.39, 0.29) is 41.5 Å². The van der Waals surface area contributed by atoms with Crippen molar-refractivity contribution in [1.29, 1.82) is 0 Å². The van der Waals surface area contributed by atoms with Gasteiger partial charge in [0.05, 0.1) is 20.7 Å². The molecule has 2 aliphatic rings. The van der Waals surface area contributed by atoms with E-state index < -0.39 is 11.6 Å². The molecule has 7 heteroatoms. The lowest BCUT2D eigenvalue weighted by atomic mass is 9.80. The fourth-order valence-electron chi connectivity index (χ4n) is 4.54. The molecule has 1 saturated carbocycles. The molecule has 156 valence electrons. The van der Waals surface area contributed by atoms with E-state index in [1.54, 1.807) is 12.1 Å². The van der Waals surface area contributed by atoms with Gasteiger partial charge in [-0.05, 0) is 18.4 Å². The summed E-state index contributed by atoms with van der Waals surface area (Å²) in [6.07, 6.45) is 4.05. The van der Waals surface area contributed by atoms with Crippen LogP contribution in [0.3, 0.4) is 0 Å². The number of hydrogen-bond acceptors (Lipinski definition) is 5. The molecule has 0 spiro atoms. The van der Waals surface area contributed by atoms with E-state index in [0.717, 1.165) is 32.2 Å². The number of ether oxygens (including phenoxy) is 2. The fraction of sp³-hybridized carbons (Fsp3) is 0.619. The van der Waals surface area contributed by atoms with E-state index in [9.17, 15) is 14.7 Å². The number of benzene rings is 1. The maximum atomic E-state index is 13.1. The highest BCUT2D eigenvalue weighted by molar-refractivity contribution is 5.81. The number of hydrogen-bond donors (Lipinski definition) is 1. The molecule has 1 aromatic carbocycles. The summed E-state index contributed by atoms with van der Waals surface area (Å²) in [5.41, 5.74) is -1.00. The minimum atomic E-state index is -1.61. The van der Waals surface area contributed by atoms with Crippen LogP contribution in [0.25, 0.3) is 0 Å². The number of esters is 2. The Bertz CT molecular complexity index is 679. The molecular weight excluding hydrogens is 426 g/mol. The quantitative estimate of drug-likeness (QED) is 0.440. The van der Waals surface area contributed by atoms with Crippen LogP contribution in [0.2, 0.25) is 0 Å². The lowest BCUT2D eigenvalue weighted by Crippen LogP contribution is -3.00. The SMILES string of the molecule is COC(=O)C[N+]1(C)CC[C@@H](OC(=O)[C@](O)(c2ccccc2)C2CCCC2)C1.[Br-]. The van der Waals surface area contributed by atoms with E-state index in [1.807, 2.05) is 25.2 Å². The molecular formula is C21H30BrNO5. The molecule has 1 unspecified atom stereocenters. The van der Waals surface area contributed by atoms with Crippen LogP contribution in [0.1, 0.15) is 37.7 Å². The van der Waals surface area contributed by atoms with Crippen molar-refractivity contribution in [3.05, 3.63) is 35.9 Å². The average Bonchev–Trinajstić information content (AvgIpc) is 3.32. The first-order valence-corrected chi connectivity index (χ1v) is 9.77. The highest BCUT2D eigenvalue weighted by atomic mass is 79.9. The fourth-order valence-corrected chi connectivity index (χ4v) is 4.54. The predicted octanol–water partition coefficient (Wildman–Crippen LogP) is -0.996. The van der Waals surface area contributed by atoms with E-state index in [4.69, 9.17) is 9.47 Å². The molecule has 1 N–H and O–H groups in total. The van der Waals surface area contributed by atoms with Gasteiger partial charge in [0.15, 0.2) is 18.2 Å². The third-order valence-electron chi connectivity index (χ3n) is 6.12. The van der Waals surface area contributed by atoms with Crippen LogP contribution in [-0.4, -0.2) is 61.4 Å². The van der Waals surface area contributed by atoms with Crippen molar-refractivity contribution in [3.63, 3.8) is 0 Å². The number of quaternary nitrogens is 1. The summed E-state index contributed by atoms with van der Waals surface area (Å²) in [6, 6.07) is 9.14.